The van der Waals surface area contributed by atoms with Crippen molar-refractivity contribution in [3.05, 3.63) is 0 Å². The van der Waals surface area contributed by atoms with Gasteiger partial charge in [-0.2, -0.15) is 0 Å². The van der Waals surface area contributed by atoms with Gasteiger partial charge in [0.2, 0.25) is 11.8 Å². The van der Waals surface area contributed by atoms with E-state index in [2.05, 4.69) is 12.2 Å². The molecule has 0 radical (unpaired) electrons. The Labute approximate surface area is 116 Å². The Morgan fingerprint density at radius 3 is 2.05 bits per heavy atom. The molecule has 0 bridgehead atoms. The van der Waals surface area contributed by atoms with E-state index in [9.17, 15) is 9.59 Å². The second-order valence-electron chi connectivity index (χ2n) is 5.69. The van der Waals surface area contributed by atoms with Crippen molar-refractivity contribution in [1.29, 1.82) is 0 Å². The minimum atomic E-state index is -0.737. The van der Waals surface area contributed by atoms with Crippen molar-refractivity contribution in [2.24, 2.45) is 0 Å². The van der Waals surface area contributed by atoms with Gasteiger partial charge in [0.1, 0.15) is 11.1 Å². The third-order valence-corrected chi connectivity index (χ3v) is 4.66. The molecule has 1 heterocycles. The van der Waals surface area contributed by atoms with Crippen LogP contribution >= 0.6 is 0 Å². The van der Waals surface area contributed by atoms with Crippen LogP contribution in [-0.2, 0) is 9.59 Å². The highest BCUT2D eigenvalue weighted by atomic mass is 16.2. The van der Waals surface area contributed by atoms with Crippen molar-refractivity contribution in [1.82, 2.24) is 10.2 Å². The highest BCUT2D eigenvalue weighted by molar-refractivity contribution is 6.02. The van der Waals surface area contributed by atoms with Gasteiger partial charge in [-0.15, -0.1) is 0 Å². The molecule has 0 aromatic rings. The third-order valence-electron chi connectivity index (χ3n) is 4.66. The first-order valence-electron chi connectivity index (χ1n) is 7.56. The molecule has 4 nitrogen and oxygen atoms in total. The third kappa shape index (κ3) is 2.49. The van der Waals surface area contributed by atoms with Crippen molar-refractivity contribution in [3.8, 4) is 0 Å². The van der Waals surface area contributed by atoms with Crippen LogP contribution in [0.4, 0.5) is 0 Å². The Bertz CT molecular complexity index is 350. The summed E-state index contributed by atoms with van der Waals surface area (Å²) in [7, 11) is 0. The summed E-state index contributed by atoms with van der Waals surface area (Å²) in [6.45, 7) is 10.5. The quantitative estimate of drug-likeness (QED) is 0.804. The molecule has 1 saturated heterocycles. The molecule has 0 spiro atoms. The lowest BCUT2D eigenvalue weighted by atomic mass is 9.81. The second kappa shape index (κ2) is 5.93. The lowest BCUT2D eigenvalue weighted by molar-refractivity contribution is -0.163. The van der Waals surface area contributed by atoms with Crippen molar-refractivity contribution in [3.63, 3.8) is 0 Å². The van der Waals surface area contributed by atoms with E-state index in [0.29, 0.717) is 25.8 Å². The molecule has 1 atom stereocenters. The number of unbranched alkanes of at least 4 members (excludes halogenated alkanes) is 1. The van der Waals surface area contributed by atoms with Gasteiger partial charge in [-0.25, -0.2) is 0 Å². The number of rotatable bonds is 6. The van der Waals surface area contributed by atoms with Gasteiger partial charge >= 0.3 is 0 Å². The Kier molecular flexibility index (Phi) is 4.99. The summed E-state index contributed by atoms with van der Waals surface area (Å²) in [6, 6.07) is 0. The number of amides is 2. The van der Waals surface area contributed by atoms with Crippen LogP contribution in [0.15, 0.2) is 0 Å². The van der Waals surface area contributed by atoms with E-state index in [-0.39, 0.29) is 11.8 Å². The molecule has 1 fully saturated rings. The van der Waals surface area contributed by atoms with Crippen LogP contribution in [0, 0.1) is 0 Å². The zero-order valence-corrected chi connectivity index (χ0v) is 13.0. The van der Waals surface area contributed by atoms with Crippen LogP contribution in [0.3, 0.4) is 0 Å². The maximum atomic E-state index is 12.8. The second-order valence-corrected chi connectivity index (χ2v) is 5.69. The van der Waals surface area contributed by atoms with Gasteiger partial charge in [-0.1, -0.05) is 34.1 Å². The average Bonchev–Trinajstić information content (AvgIpc) is 2.41. The number of hydrogen-bond donors (Lipinski definition) is 1. The molecule has 2 amide bonds. The first-order chi connectivity index (χ1) is 8.91. The minimum Gasteiger partial charge on any atom is -0.340 e. The molecule has 110 valence electrons. The van der Waals surface area contributed by atoms with Crippen LogP contribution in [0.2, 0.25) is 0 Å². The van der Waals surface area contributed by atoms with Crippen molar-refractivity contribution in [2.75, 3.05) is 6.54 Å². The summed E-state index contributed by atoms with van der Waals surface area (Å²) in [4.78, 5) is 27.2. The van der Waals surface area contributed by atoms with Gasteiger partial charge in [-0.05, 0) is 32.6 Å². The maximum Gasteiger partial charge on any atom is 0.248 e. The van der Waals surface area contributed by atoms with E-state index >= 15 is 0 Å². The lowest BCUT2D eigenvalue weighted by Gasteiger charge is -2.51. The number of nitrogens with one attached hydrogen (secondary N) is 1. The molecule has 1 aliphatic rings. The largest absolute Gasteiger partial charge is 0.340 e. The number of hydrogen-bond acceptors (Lipinski definition) is 2. The molecular formula is C15H28N2O2. The predicted octanol–water partition coefficient (Wildman–Crippen LogP) is 2.47. The van der Waals surface area contributed by atoms with E-state index < -0.39 is 11.1 Å². The number of carbonyl (C=O) groups excluding carboxylic acids is 2. The fraction of sp³-hybridized carbons (Fsp3) is 0.867. The number of nitrogens with zero attached hydrogens (tertiary/aromatic N) is 1. The van der Waals surface area contributed by atoms with Crippen LogP contribution in [0.25, 0.3) is 0 Å². The Morgan fingerprint density at radius 2 is 1.63 bits per heavy atom. The normalized spacial score (nSPS) is 26.5. The van der Waals surface area contributed by atoms with Gasteiger partial charge < -0.3 is 10.2 Å². The zero-order chi connectivity index (χ0) is 14.7. The Morgan fingerprint density at radius 1 is 1.05 bits per heavy atom. The summed E-state index contributed by atoms with van der Waals surface area (Å²) < 4.78 is 0. The smallest absolute Gasteiger partial charge is 0.248 e. The summed E-state index contributed by atoms with van der Waals surface area (Å²) in [5.74, 6) is 0.0873. The van der Waals surface area contributed by atoms with Gasteiger partial charge in [-0.3, -0.25) is 9.59 Å². The Hall–Kier alpha value is -1.06. The molecule has 0 saturated carbocycles. The van der Waals surface area contributed by atoms with Gasteiger partial charge in [0.15, 0.2) is 0 Å². The van der Waals surface area contributed by atoms with Crippen LogP contribution in [0.1, 0.15) is 66.7 Å². The molecular weight excluding hydrogens is 240 g/mol. The first-order valence-corrected chi connectivity index (χ1v) is 7.56. The summed E-state index contributed by atoms with van der Waals surface area (Å²) in [6.07, 6.45) is 3.94. The van der Waals surface area contributed by atoms with Gasteiger partial charge in [0.05, 0.1) is 0 Å². The topological polar surface area (TPSA) is 49.4 Å². The molecule has 0 aromatic heterocycles. The van der Waals surface area contributed by atoms with Crippen LogP contribution < -0.4 is 5.32 Å². The highest BCUT2D eigenvalue weighted by Crippen LogP contribution is 2.33. The van der Waals surface area contributed by atoms with E-state index in [1.807, 2.05) is 32.6 Å². The molecule has 0 aromatic carbocycles. The van der Waals surface area contributed by atoms with Gasteiger partial charge in [0, 0.05) is 6.54 Å². The predicted molar refractivity (Wildman–Crippen MR) is 76.8 cm³/mol. The maximum absolute atomic E-state index is 12.8. The highest BCUT2D eigenvalue weighted by Gasteiger charge is 2.54. The molecule has 1 unspecified atom stereocenters. The van der Waals surface area contributed by atoms with Crippen LogP contribution in [-0.4, -0.2) is 34.3 Å². The molecule has 19 heavy (non-hydrogen) atoms. The fourth-order valence-corrected chi connectivity index (χ4v) is 2.86. The van der Waals surface area contributed by atoms with E-state index in [0.717, 1.165) is 12.8 Å². The average molecular weight is 268 g/mol. The summed E-state index contributed by atoms with van der Waals surface area (Å²) >= 11 is 0. The first kappa shape index (κ1) is 16.0. The monoisotopic (exact) mass is 268 g/mol. The molecule has 1 aliphatic heterocycles. The van der Waals surface area contributed by atoms with E-state index in [1.165, 1.54) is 0 Å². The fourth-order valence-electron chi connectivity index (χ4n) is 2.86. The van der Waals surface area contributed by atoms with E-state index in [1.54, 1.807) is 0 Å². The lowest BCUT2D eigenvalue weighted by Crippen LogP contribution is -2.74. The van der Waals surface area contributed by atoms with Crippen molar-refractivity contribution < 1.29 is 9.59 Å². The molecule has 1 rings (SSSR count). The van der Waals surface area contributed by atoms with Crippen LogP contribution in [0.5, 0.6) is 0 Å². The van der Waals surface area contributed by atoms with Crippen molar-refractivity contribution in [2.45, 2.75) is 77.8 Å². The van der Waals surface area contributed by atoms with E-state index in [4.69, 9.17) is 0 Å². The number of piperazine rings is 1. The summed E-state index contributed by atoms with van der Waals surface area (Å²) in [5.41, 5.74) is -1.39. The van der Waals surface area contributed by atoms with Crippen molar-refractivity contribution >= 4 is 11.8 Å². The zero-order valence-electron chi connectivity index (χ0n) is 13.0. The number of carbonyl (C=O) groups is 2. The molecule has 1 N–H and O–H groups in total. The molecule has 0 aliphatic carbocycles. The molecule has 4 heteroatoms. The van der Waals surface area contributed by atoms with Gasteiger partial charge in [0.25, 0.3) is 0 Å². The minimum absolute atomic E-state index is 0.0116. The summed E-state index contributed by atoms with van der Waals surface area (Å²) in [5, 5.41) is 2.96. The Balaban J connectivity index is 3.18. The standard InChI is InChI=1S/C15H28N2O2/c1-6-10-11-17-13(19)14(5,7-2)16-12(18)15(17,8-3)9-4/h6-11H2,1-5H3,(H,16,18). The SMILES string of the molecule is CCCCN1C(=O)C(C)(CC)NC(=O)C1(CC)CC.